The third-order valence-electron chi connectivity index (χ3n) is 8.98. The van der Waals surface area contributed by atoms with E-state index in [4.69, 9.17) is 4.74 Å². The molecule has 0 bridgehead atoms. The molecule has 3 aromatic carbocycles. The van der Waals surface area contributed by atoms with E-state index in [2.05, 4.69) is 16.0 Å². The second-order valence-electron chi connectivity index (χ2n) is 11.7. The third-order valence-corrected chi connectivity index (χ3v) is 8.98. The molecule has 224 valence electrons. The van der Waals surface area contributed by atoms with Gasteiger partial charge in [-0.05, 0) is 97.7 Å². The van der Waals surface area contributed by atoms with Gasteiger partial charge >= 0.3 is 5.97 Å². The van der Waals surface area contributed by atoms with Crippen LogP contribution >= 0.6 is 0 Å². The molecule has 0 aliphatic carbocycles. The van der Waals surface area contributed by atoms with Crippen molar-refractivity contribution >= 4 is 11.9 Å². The summed E-state index contributed by atoms with van der Waals surface area (Å²) in [7, 11) is 0. The van der Waals surface area contributed by atoms with Gasteiger partial charge in [0.15, 0.2) is 0 Å². The highest BCUT2D eigenvalue weighted by molar-refractivity contribution is 5.97. The van der Waals surface area contributed by atoms with Crippen LogP contribution in [0.2, 0.25) is 0 Å². The van der Waals surface area contributed by atoms with Crippen LogP contribution in [0.15, 0.2) is 42.5 Å². The lowest BCUT2D eigenvalue weighted by molar-refractivity contribution is 0.0692. The Morgan fingerprint density at radius 1 is 1.05 bits per heavy atom. The molecule has 0 spiro atoms. The van der Waals surface area contributed by atoms with E-state index in [0.29, 0.717) is 60.8 Å². The minimum atomic E-state index is -1.00. The number of fused-ring (bicyclic) bond motifs is 1. The predicted molar refractivity (Wildman–Crippen MR) is 163 cm³/mol. The number of aromatic nitrogens is 2. The summed E-state index contributed by atoms with van der Waals surface area (Å²) in [5.74, 6) is -1.01. The Kier molecular flexibility index (Phi) is 7.78. The number of aryl methyl sites for hydroxylation is 2. The maximum atomic E-state index is 15.1. The number of nitrogens with zero attached hydrogens (tertiary/aromatic N) is 3. The molecule has 4 aromatic rings. The quantitative estimate of drug-likeness (QED) is 0.274. The second-order valence-corrected chi connectivity index (χ2v) is 11.7. The van der Waals surface area contributed by atoms with Gasteiger partial charge in [0.05, 0.1) is 47.4 Å². The van der Waals surface area contributed by atoms with Crippen molar-refractivity contribution in [3.05, 3.63) is 98.6 Å². The summed E-state index contributed by atoms with van der Waals surface area (Å²) in [6.07, 6.45) is 2.11. The zero-order chi connectivity index (χ0) is 31.1. The van der Waals surface area contributed by atoms with Crippen molar-refractivity contribution in [3.63, 3.8) is 0 Å². The number of H-pyrrole nitrogens is 1. The first-order valence-electron chi connectivity index (χ1n) is 14.8. The fourth-order valence-electron chi connectivity index (χ4n) is 6.53. The van der Waals surface area contributed by atoms with Gasteiger partial charge in [-0.1, -0.05) is 12.1 Å². The molecular weight excluding hydrogens is 559 g/mol. The van der Waals surface area contributed by atoms with E-state index in [1.54, 1.807) is 38.1 Å². The molecule has 2 aliphatic rings. The first-order chi connectivity index (χ1) is 21.2. The van der Waals surface area contributed by atoms with E-state index in [-0.39, 0.29) is 23.0 Å². The molecule has 9 heteroatoms. The van der Waals surface area contributed by atoms with Crippen molar-refractivity contribution in [2.24, 2.45) is 0 Å². The smallest absolute Gasteiger partial charge is 0.335 e. The lowest BCUT2D eigenvalue weighted by atomic mass is 9.84. The van der Waals surface area contributed by atoms with Crippen LogP contribution < -0.4 is 0 Å². The number of nitrogens with one attached hydrogen (secondary N) is 1. The summed E-state index contributed by atoms with van der Waals surface area (Å²) in [6, 6.07) is 14.4. The van der Waals surface area contributed by atoms with Crippen LogP contribution in [0.1, 0.15) is 78.7 Å². The minimum Gasteiger partial charge on any atom is -0.478 e. The molecule has 1 amide bonds. The van der Waals surface area contributed by atoms with Gasteiger partial charge in [-0.2, -0.15) is 5.26 Å². The normalized spacial score (nSPS) is 15.1. The van der Waals surface area contributed by atoms with Crippen LogP contribution in [-0.2, 0) is 17.8 Å². The zero-order valence-electron chi connectivity index (χ0n) is 25.0. The zero-order valence-corrected chi connectivity index (χ0v) is 25.0. The van der Waals surface area contributed by atoms with Crippen LogP contribution in [0.3, 0.4) is 0 Å². The maximum absolute atomic E-state index is 15.1. The van der Waals surface area contributed by atoms with E-state index in [1.165, 1.54) is 6.07 Å². The Balaban J connectivity index is 1.23. The molecular formula is C35H33FN4O4. The lowest BCUT2D eigenvalue weighted by Crippen LogP contribution is -2.38. The van der Waals surface area contributed by atoms with Gasteiger partial charge in [0, 0.05) is 30.6 Å². The Morgan fingerprint density at radius 3 is 2.52 bits per heavy atom. The van der Waals surface area contributed by atoms with E-state index in [0.717, 1.165) is 46.5 Å². The number of carbonyl (C=O) groups is 2. The second kappa shape index (κ2) is 11.7. The predicted octanol–water partition coefficient (Wildman–Crippen LogP) is 6.47. The SMILES string of the molecule is Cc1cc(F)c(-c2nc3c([nH]2)COCC3)cc1C(=O)N1CCC(c2ccc(C#N)c(-c3c(C)ccc(C(=O)O)c3C)c2)CC1. The van der Waals surface area contributed by atoms with Crippen LogP contribution in [0.5, 0.6) is 0 Å². The summed E-state index contributed by atoms with van der Waals surface area (Å²) in [4.78, 5) is 35.1. The highest BCUT2D eigenvalue weighted by Crippen LogP contribution is 2.37. The molecule has 6 rings (SSSR count). The van der Waals surface area contributed by atoms with E-state index >= 15 is 4.39 Å². The first kappa shape index (κ1) is 29.3. The monoisotopic (exact) mass is 592 g/mol. The van der Waals surface area contributed by atoms with Gasteiger partial charge in [0.2, 0.25) is 0 Å². The van der Waals surface area contributed by atoms with Crippen molar-refractivity contribution in [1.29, 1.82) is 5.26 Å². The standard InChI is InChI=1S/C35H33FN4O4/c1-19-4-7-25(35(42)43)21(3)32(19)27-15-23(5-6-24(27)17-37)22-8-11-40(12-9-22)34(41)26-16-28(29(36)14-20(26)2)33-38-30-10-13-44-18-31(30)39-33/h4-7,14-16,22H,8-13,18H2,1-3H3,(H,38,39)(H,42,43). The number of halogens is 1. The molecule has 2 aliphatic heterocycles. The number of nitriles is 1. The van der Waals surface area contributed by atoms with Crippen LogP contribution in [0, 0.1) is 37.9 Å². The molecule has 0 atom stereocenters. The van der Waals surface area contributed by atoms with E-state index in [1.807, 2.05) is 24.0 Å². The Labute approximate surface area is 255 Å². The van der Waals surface area contributed by atoms with Crippen molar-refractivity contribution in [2.75, 3.05) is 19.7 Å². The maximum Gasteiger partial charge on any atom is 0.335 e. The van der Waals surface area contributed by atoms with Crippen LogP contribution in [-0.4, -0.2) is 51.5 Å². The molecule has 1 aromatic heterocycles. The fourth-order valence-corrected chi connectivity index (χ4v) is 6.53. The van der Waals surface area contributed by atoms with Crippen LogP contribution in [0.4, 0.5) is 4.39 Å². The summed E-state index contributed by atoms with van der Waals surface area (Å²) in [6.45, 7) is 7.49. The Morgan fingerprint density at radius 2 is 1.82 bits per heavy atom. The van der Waals surface area contributed by atoms with Crippen molar-refractivity contribution in [2.45, 2.75) is 52.6 Å². The number of likely N-dealkylation sites (tertiary alicyclic amines) is 1. The van der Waals surface area contributed by atoms with Gasteiger partial charge in [0.1, 0.15) is 11.6 Å². The third kappa shape index (κ3) is 5.26. The summed E-state index contributed by atoms with van der Waals surface area (Å²) in [5, 5.41) is 19.6. The number of hydrogen-bond donors (Lipinski definition) is 2. The van der Waals surface area contributed by atoms with Gasteiger partial charge < -0.3 is 19.7 Å². The Hall–Kier alpha value is -4.81. The average molecular weight is 593 g/mol. The van der Waals surface area contributed by atoms with Crippen molar-refractivity contribution in [3.8, 4) is 28.6 Å². The average Bonchev–Trinajstić information content (AvgIpc) is 3.45. The molecule has 3 heterocycles. The Bertz CT molecular complexity index is 1820. The summed E-state index contributed by atoms with van der Waals surface area (Å²) in [5.41, 5.74) is 7.78. The van der Waals surface area contributed by atoms with Gasteiger partial charge in [-0.3, -0.25) is 4.79 Å². The number of piperidine rings is 1. The van der Waals surface area contributed by atoms with Gasteiger partial charge in [-0.15, -0.1) is 0 Å². The summed E-state index contributed by atoms with van der Waals surface area (Å²) < 4.78 is 20.6. The highest BCUT2D eigenvalue weighted by Gasteiger charge is 2.28. The minimum absolute atomic E-state index is 0.140. The number of benzene rings is 3. The summed E-state index contributed by atoms with van der Waals surface area (Å²) >= 11 is 0. The van der Waals surface area contributed by atoms with Gasteiger partial charge in [0.25, 0.3) is 5.91 Å². The highest BCUT2D eigenvalue weighted by atomic mass is 19.1. The van der Waals surface area contributed by atoms with E-state index < -0.39 is 11.8 Å². The number of ether oxygens (including phenoxy) is 1. The number of hydrogen-bond acceptors (Lipinski definition) is 5. The first-order valence-corrected chi connectivity index (χ1v) is 14.8. The fraction of sp³-hybridized carbons (Fsp3) is 0.314. The number of carboxylic acid groups (broad SMARTS) is 1. The molecule has 1 fully saturated rings. The molecule has 8 nitrogen and oxygen atoms in total. The lowest BCUT2D eigenvalue weighted by Gasteiger charge is -2.33. The number of carbonyl (C=O) groups excluding carboxylic acids is 1. The topological polar surface area (TPSA) is 119 Å². The number of amides is 1. The number of aromatic carboxylic acids is 1. The molecule has 0 radical (unpaired) electrons. The number of aromatic amines is 1. The van der Waals surface area contributed by atoms with Gasteiger partial charge in [-0.25, -0.2) is 14.2 Å². The molecule has 0 saturated carbocycles. The van der Waals surface area contributed by atoms with Crippen molar-refractivity contribution < 1.29 is 23.8 Å². The molecule has 44 heavy (non-hydrogen) atoms. The molecule has 0 unspecified atom stereocenters. The number of carboxylic acids is 1. The number of rotatable bonds is 5. The van der Waals surface area contributed by atoms with Crippen molar-refractivity contribution in [1.82, 2.24) is 14.9 Å². The van der Waals surface area contributed by atoms with E-state index in [9.17, 15) is 20.0 Å². The molecule has 1 saturated heterocycles. The number of imidazole rings is 1. The van der Waals surface area contributed by atoms with Crippen LogP contribution in [0.25, 0.3) is 22.5 Å². The molecule has 2 N–H and O–H groups in total. The largest absolute Gasteiger partial charge is 0.478 e.